The van der Waals surface area contributed by atoms with Crippen LogP contribution in [0.25, 0.3) is 0 Å². The van der Waals surface area contributed by atoms with Gasteiger partial charge in [-0.1, -0.05) is 0 Å². The zero-order valence-corrected chi connectivity index (χ0v) is 9.83. The molecule has 0 fully saturated rings. The fraction of sp³-hybridized carbons (Fsp3) is 0.800. The van der Waals surface area contributed by atoms with Crippen LogP contribution in [0.1, 0.15) is 0 Å². The Kier molecular flexibility index (Phi) is 5.75. The van der Waals surface area contributed by atoms with E-state index in [0.717, 1.165) is 13.1 Å². The van der Waals surface area contributed by atoms with E-state index in [-0.39, 0.29) is 0 Å². The van der Waals surface area contributed by atoms with Gasteiger partial charge in [0, 0.05) is 33.4 Å². The number of hydrogen-bond donors (Lipinski definition) is 0. The van der Waals surface area contributed by atoms with Crippen LogP contribution >= 0.6 is 0 Å². The quantitative estimate of drug-likeness (QED) is 0.619. The maximum absolute atomic E-state index is 2.19. The smallest absolute Gasteiger partial charge is 0.0216 e. The Morgan fingerprint density at radius 2 is 1.23 bits per heavy atom. The Balaban J connectivity index is 4.19. The maximum Gasteiger partial charge on any atom is 0.0216 e. The average molecular weight is 185 g/mol. The highest BCUT2D eigenvalue weighted by Crippen LogP contribution is 1.99. The highest BCUT2D eigenvalue weighted by atomic mass is 15.1. The molecule has 0 saturated carbocycles. The van der Waals surface area contributed by atoms with Gasteiger partial charge >= 0.3 is 0 Å². The molecule has 13 heavy (non-hydrogen) atoms. The summed E-state index contributed by atoms with van der Waals surface area (Å²) < 4.78 is 0. The molecule has 0 radical (unpaired) electrons. The maximum atomic E-state index is 2.19. The fourth-order valence-electron chi connectivity index (χ4n) is 1.31. The van der Waals surface area contributed by atoms with Gasteiger partial charge in [-0.05, 0) is 33.8 Å². The van der Waals surface area contributed by atoms with Crippen LogP contribution in [0.3, 0.4) is 0 Å². The minimum absolute atomic E-state index is 1.02. The van der Waals surface area contributed by atoms with Crippen molar-refractivity contribution in [1.29, 1.82) is 0 Å². The molecule has 3 heteroatoms. The van der Waals surface area contributed by atoms with Crippen molar-refractivity contribution in [2.24, 2.45) is 0 Å². The van der Waals surface area contributed by atoms with Gasteiger partial charge in [0.1, 0.15) is 0 Å². The predicted molar refractivity (Wildman–Crippen MR) is 58.9 cm³/mol. The molecule has 0 atom stereocenters. The van der Waals surface area contributed by atoms with Gasteiger partial charge in [-0.15, -0.1) is 0 Å². The van der Waals surface area contributed by atoms with Gasteiger partial charge in [0.2, 0.25) is 0 Å². The molecule has 0 rings (SSSR count). The van der Waals surface area contributed by atoms with Gasteiger partial charge < -0.3 is 14.7 Å². The first-order chi connectivity index (χ1) is 5.91. The number of rotatable bonds is 5. The van der Waals surface area contributed by atoms with E-state index < -0.39 is 0 Å². The predicted octanol–water partition coefficient (Wildman–Crippen LogP) is 0.555. The monoisotopic (exact) mass is 185 g/mol. The second kappa shape index (κ2) is 6.00. The molecule has 0 spiro atoms. The van der Waals surface area contributed by atoms with E-state index in [1.807, 2.05) is 0 Å². The molecule has 3 nitrogen and oxygen atoms in total. The molecule has 0 heterocycles. The van der Waals surface area contributed by atoms with Crippen LogP contribution in [-0.2, 0) is 0 Å². The molecule has 0 N–H and O–H groups in total. The summed E-state index contributed by atoms with van der Waals surface area (Å²) in [7, 11) is 12.5. The number of likely N-dealkylation sites (N-methyl/N-ethyl adjacent to an activating group) is 2. The lowest BCUT2D eigenvalue weighted by Gasteiger charge is -2.19. The summed E-state index contributed by atoms with van der Waals surface area (Å²) in [6.07, 6.45) is 2.19. The number of nitrogens with zero attached hydrogens (tertiary/aromatic N) is 3. The third-order valence-electron chi connectivity index (χ3n) is 1.48. The summed E-state index contributed by atoms with van der Waals surface area (Å²) in [5.41, 5.74) is 1.43. The second-order valence-corrected chi connectivity index (χ2v) is 4.23. The molecule has 0 saturated heterocycles. The minimum atomic E-state index is 1.02. The first-order valence-electron chi connectivity index (χ1n) is 4.57. The van der Waals surface area contributed by atoms with Gasteiger partial charge in [0.15, 0.2) is 0 Å². The lowest BCUT2D eigenvalue weighted by molar-refractivity contribution is 0.388. The van der Waals surface area contributed by atoms with E-state index >= 15 is 0 Å². The zero-order valence-electron chi connectivity index (χ0n) is 9.83. The summed E-state index contributed by atoms with van der Waals surface area (Å²) in [5.74, 6) is 0. The van der Waals surface area contributed by atoms with Gasteiger partial charge in [-0.3, -0.25) is 0 Å². The van der Waals surface area contributed by atoms with Crippen molar-refractivity contribution in [3.8, 4) is 0 Å². The molecule has 0 aliphatic carbocycles. The van der Waals surface area contributed by atoms with Gasteiger partial charge in [-0.2, -0.15) is 0 Å². The molecule has 0 aliphatic rings. The first kappa shape index (κ1) is 12.5. The highest BCUT2D eigenvalue weighted by molar-refractivity contribution is 5.05. The summed E-state index contributed by atoms with van der Waals surface area (Å²) >= 11 is 0. The molecule has 0 unspecified atom stereocenters. The summed E-state index contributed by atoms with van der Waals surface area (Å²) in [6, 6.07) is 0. The largest absolute Gasteiger partial charge is 0.383 e. The van der Waals surface area contributed by atoms with Gasteiger partial charge in [0.05, 0.1) is 0 Å². The Hall–Kier alpha value is -0.540. The SMILES string of the molecule is CN(C)C=C(CN(C)C)CN(C)C. The fourth-order valence-corrected chi connectivity index (χ4v) is 1.31. The second-order valence-electron chi connectivity index (χ2n) is 4.23. The van der Waals surface area contributed by atoms with Crippen molar-refractivity contribution in [3.05, 3.63) is 11.8 Å². The van der Waals surface area contributed by atoms with Gasteiger partial charge in [-0.25, -0.2) is 0 Å². The van der Waals surface area contributed by atoms with Gasteiger partial charge in [0.25, 0.3) is 0 Å². The molecule has 78 valence electrons. The van der Waals surface area contributed by atoms with Crippen molar-refractivity contribution in [1.82, 2.24) is 14.7 Å². The lowest BCUT2D eigenvalue weighted by Crippen LogP contribution is -2.24. The minimum Gasteiger partial charge on any atom is -0.383 e. The Morgan fingerprint density at radius 3 is 1.46 bits per heavy atom. The average Bonchev–Trinajstić information content (AvgIpc) is 1.80. The zero-order chi connectivity index (χ0) is 10.4. The van der Waals surface area contributed by atoms with E-state index in [2.05, 4.69) is 63.2 Å². The molecular formula is C10H23N3. The van der Waals surface area contributed by atoms with E-state index in [1.54, 1.807) is 0 Å². The molecule has 0 amide bonds. The Bertz CT molecular complexity index is 148. The molecule has 0 aromatic heterocycles. The topological polar surface area (TPSA) is 9.72 Å². The molecule has 0 bridgehead atoms. The van der Waals surface area contributed by atoms with Crippen molar-refractivity contribution in [2.75, 3.05) is 55.4 Å². The first-order valence-corrected chi connectivity index (χ1v) is 4.57. The van der Waals surface area contributed by atoms with E-state index in [0.29, 0.717) is 0 Å². The van der Waals surface area contributed by atoms with Crippen LogP contribution in [-0.4, -0.2) is 70.1 Å². The van der Waals surface area contributed by atoms with Crippen LogP contribution in [0.15, 0.2) is 11.8 Å². The number of hydrogen-bond acceptors (Lipinski definition) is 3. The summed E-state index contributed by atoms with van der Waals surface area (Å²) in [6.45, 7) is 2.05. The van der Waals surface area contributed by atoms with E-state index in [1.165, 1.54) is 5.57 Å². The third kappa shape index (κ3) is 7.81. The van der Waals surface area contributed by atoms with Crippen LogP contribution < -0.4 is 0 Å². The molecular weight excluding hydrogens is 162 g/mol. The highest BCUT2D eigenvalue weighted by Gasteiger charge is 2.01. The lowest BCUT2D eigenvalue weighted by atomic mass is 10.2. The van der Waals surface area contributed by atoms with Crippen molar-refractivity contribution < 1.29 is 0 Å². The van der Waals surface area contributed by atoms with Crippen LogP contribution in [0.4, 0.5) is 0 Å². The Morgan fingerprint density at radius 1 is 0.846 bits per heavy atom. The molecule has 0 aromatic rings. The molecule has 0 aromatic carbocycles. The van der Waals surface area contributed by atoms with Crippen LogP contribution in [0.2, 0.25) is 0 Å². The van der Waals surface area contributed by atoms with Crippen LogP contribution in [0, 0.1) is 0 Å². The van der Waals surface area contributed by atoms with E-state index in [4.69, 9.17) is 0 Å². The third-order valence-corrected chi connectivity index (χ3v) is 1.48. The van der Waals surface area contributed by atoms with Crippen molar-refractivity contribution in [2.45, 2.75) is 0 Å². The Labute approximate surface area is 82.6 Å². The summed E-state index contributed by atoms with van der Waals surface area (Å²) in [4.78, 5) is 6.49. The van der Waals surface area contributed by atoms with E-state index in [9.17, 15) is 0 Å². The van der Waals surface area contributed by atoms with Crippen molar-refractivity contribution in [3.63, 3.8) is 0 Å². The van der Waals surface area contributed by atoms with Crippen molar-refractivity contribution >= 4 is 0 Å². The molecule has 0 aliphatic heterocycles. The standard InChI is InChI=1S/C10H23N3/c1-11(2)7-10(8-12(3)4)9-13(5)6/h7H,8-9H2,1-6H3. The summed E-state index contributed by atoms with van der Waals surface area (Å²) in [5, 5.41) is 0. The normalized spacial score (nSPS) is 10.8. The van der Waals surface area contributed by atoms with Crippen LogP contribution in [0.5, 0.6) is 0 Å².